The molecule has 1 saturated heterocycles. The number of hydrogen-bond acceptors (Lipinski definition) is 4. The van der Waals surface area contributed by atoms with E-state index in [1.807, 2.05) is 7.05 Å². The Labute approximate surface area is 110 Å². The van der Waals surface area contributed by atoms with Crippen LogP contribution in [0.5, 0.6) is 0 Å². The number of nitrogens with one attached hydrogen (secondary N) is 1. The Morgan fingerprint density at radius 3 is 3.00 bits per heavy atom. The van der Waals surface area contributed by atoms with Crippen LogP contribution in [0.25, 0.3) is 0 Å². The van der Waals surface area contributed by atoms with E-state index in [0.717, 1.165) is 18.6 Å². The Morgan fingerprint density at radius 1 is 1.58 bits per heavy atom. The van der Waals surface area contributed by atoms with Crippen molar-refractivity contribution in [3.8, 4) is 0 Å². The molecule has 2 atom stereocenters. The molecule has 1 heterocycles. The maximum Gasteiger partial charge on any atom is 0.304 e. The second-order valence-corrected chi connectivity index (χ2v) is 4.77. The summed E-state index contributed by atoms with van der Waals surface area (Å²) in [5, 5.41) is 13.8. The zero-order valence-electron chi connectivity index (χ0n) is 10.8. The van der Waals surface area contributed by atoms with Crippen molar-refractivity contribution in [2.24, 2.45) is 5.92 Å². The van der Waals surface area contributed by atoms with Crippen LogP contribution in [0.3, 0.4) is 0 Å². The number of rotatable bonds is 4. The molecule has 0 bridgehead atoms. The molecule has 1 aromatic carbocycles. The van der Waals surface area contributed by atoms with Gasteiger partial charge < -0.3 is 10.1 Å². The first-order chi connectivity index (χ1) is 9.11. The minimum atomic E-state index is -0.778. The highest BCUT2D eigenvalue weighted by atomic mass is 19.1. The second-order valence-electron chi connectivity index (χ2n) is 4.77. The second kappa shape index (κ2) is 6.08. The molecule has 1 aliphatic heterocycles. The van der Waals surface area contributed by atoms with Gasteiger partial charge in [0.25, 0.3) is 0 Å². The molecule has 2 rings (SSSR count). The molecular formula is C13H17FN2O3. The highest BCUT2D eigenvalue weighted by Gasteiger charge is 2.25. The Balaban J connectivity index is 2.10. The molecule has 0 radical (unpaired) electrons. The molecule has 19 heavy (non-hydrogen) atoms. The topological polar surface area (TPSA) is 64.4 Å². The zero-order valence-corrected chi connectivity index (χ0v) is 10.8. The highest BCUT2D eigenvalue weighted by Crippen LogP contribution is 2.23. The van der Waals surface area contributed by atoms with Crippen molar-refractivity contribution in [2.75, 3.05) is 20.3 Å². The fourth-order valence-electron chi connectivity index (χ4n) is 2.51. The number of ether oxygens (including phenoxy) is 1. The minimum Gasteiger partial charge on any atom is -0.381 e. The standard InChI is InChI=1S/C13H17FN2O3/c1-15-12-4-5-19-8-10(12)6-9-2-3-13(16(17)18)11(14)7-9/h2-3,7,10,12,15H,4-6,8H2,1H3. The van der Waals surface area contributed by atoms with Gasteiger partial charge >= 0.3 is 5.69 Å². The molecular weight excluding hydrogens is 251 g/mol. The lowest BCUT2D eigenvalue weighted by atomic mass is 9.89. The smallest absolute Gasteiger partial charge is 0.304 e. The third-order valence-corrected chi connectivity index (χ3v) is 3.55. The first kappa shape index (κ1) is 13.9. The Bertz CT molecular complexity index is 467. The average Bonchev–Trinajstić information content (AvgIpc) is 2.39. The van der Waals surface area contributed by atoms with Gasteiger partial charge in [-0.2, -0.15) is 4.39 Å². The van der Waals surface area contributed by atoms with Crippen LogP contribution in [-0.2, 0) is 11.2 Å². The average molecular weight is 268 g/mol. The van der Waals surface area contributed by atoms with Crippen molar-refractivity contribution in [1.82, 2.24) is 5.32 Å². The van der Waals surface area contributed by atoms with Crippen LogP contribution in [-0.4, -0.2) is 31.2 Å². The van der Waals surface area contributed by atoms with E-state index in [2.05, 4.69) is 5.32 Å². The molecule has 0 aromatic heterocycles. The van der Waals surface area contributed by atoms with Gasteiger partial charge in [-0.15, -0.1) is 0 Å². The van der Waals surface area contributed by atoms with Crippen molar-refractivity contribution in [3.63, 3.8) is 0 Å². The monoisotopic (exact) mass is 268 g/mol. The van der Waals surface area contributed by atoms with E-state index in [4.69, 9.17) is 4.74 Å². The third-order valence-electron chi connectivity index (χ3n) is 3.55. The Kier molecular flexibility index (Phi) is 4.44. The molecule has 1 aromatic rings. The molecule has 0 saturated carbocycles. The molecule has 6 heteroatoms. The Morgan fingerprint density at radius 2 is 2.37 bits per heavy atom. The van der Waals surface area contributed by atoms with E-state index in [1.165, 1.54) is 12.1 Å². The van der Waals surface area contributed by atoms with E-state index < -0.39 is 16.4 Å². The molecule has 0 spiro atoms. The molecule has 2 unspecified atom stereocenters. The molecule has 1 N–H and O–H groups in total. The number of nitro benzene ring substituents is 1. The van der Waals surface area contributed by atoms with Gasteiger partial charge in [-0.05, 0) is 31.5 Å². The van der Waals surface area contributed by atoms with Crippen LogP contribution in [0.1, 0.15) is 12.0 Å². The number of hydrogen-bond donors (Lipinski definition) is 1. The lowest BCUT2D eigenvalue weighted by Crippen LogP contribution is -2.41. The normalized spacial score (nSPS) is 23.3. The summed E-state index contributed by atoms with van der Waals surface area (Å²) in [6.07, 6.45) is 1.58. The number of halogens is 1. The molecule has 0 amide bonds. The fraction of sp³-hybridized carbons (Fsp3) is 0.538. The number of benzene rings is 1. The summed E-state index contributed by atoms with van der Waals surface area (Å²) in [6, 6.07) is 4.43. The van der Waals surface area contributed by atoms with Crippen LogP contribution >= 0.6 is 0 Å². The van der Waals surface area contributed by atoms with E-state index in [-0.39, 0.29) is 5.92 Å². The van der Waals surface area contributed by atoms with Crippen molar-refractivity contribution in [3.05, 3.63) is 39.7 Å². The van der Waals surface area contributed by atoms with Gasteiger partial charge in [0.05, 0.1) is 11.5 Å². The van der Waals surface area contributed by atoms with Gasteiger partial charge in [0.2, 0.25) is 5.82 Å². The summed E-state index contributed by atoms with van der Waals surface area (Å²) in [4.78, 5) is 9.85. The van der Waals surface area contributed by atoms with Crippen LogP contribution in [0.15, 0.2) is 18.2 Å². The largest absolute Gasteiger partial charge is 0.381 e. The van der Waals surface area contributed by atoms with Crippen molar-refractivity contribution >= 4 is 5.69 Å². The fourth-order valence-corrected chi connectivity index (χ4v) is 2.51. The van der Waals surface area contributed by atoms with Crippen molar-refractivity contribution in [2.45, 2.75) is 18.9 Å². The third kappa shape index (κ3) is 3.27. The van der Waals surface area contributed by atoms with Crippen LogP contribution < -0.4 is 5.32 Å². The van der Waals surface area contributed by atoms with Crippen molar-refractivity contribution in [1.29, 1.82) is 0 Å². The quantitative estimate of drug-likeness (QED) is 0.669. The summed E-state index contributed by atoms with van der Waals surface area (Å²) in [5.41, 5.74) is 0.285. The molecule has 1 aliphatic rings. The van der Waals surface area contributed by atoms with Crippen LogP contribution in [0.2, 0.25) is 0 Å². The maximum atomic E-state index is 13.5. The van der Waals surface area contributed by atoms with Gasteiger partial charge in [-0.25, -0.2) is 0 Å². The molecule has 5 nitrogen and oxygen atoms in total. The summed E-state index contributed by atoms with van der Waals surface area (Å²) in [5.74, 6) is -0.514. The molecule has 0 aliphatic carbocycles. The van der Waals surface area contributed by atoms with Crippen molar-refractivity contribution < 1.29 is 14.1 Å². The van der Waals surface area contributed by atoms with Gasteiger partial charge in [-0.1, -0.05) is 6.07 Å². The van der Waals surface area contributed by atoms with Gasteiger partial charge in [0, 0.05) is 24.6 Å². The first-order valence-electron chi connectivity index (χ1n) is 6.29. The summed E-state index contributed by atoms with van der Waals surface area (Å²) in [6.45, 7) is 1.36. The highest BCUT2D eigenvalue weighted by molar-refractivity contribution is 5.35. The van der Waals surface area contributed by atoms with E-state index >= 15 is 0 Å². The van der Waals surface area contributed by atoms with E-state index in [1.54, 1.807) is 6.07 Å². The SMILES string of the molecule is CNC1CCOCC1Cc1ccc([N+](=O)[O-])c(F)c1. The lowest BCUT2D eigenvalue weighted by Gasteiger charge is -2.31. The zero-order chi connectivity index (χ0) is 13.8. The lowest BCUT2D eigenvalue weighted by molar-refractivity contribution is -0.387. The summed E-state index contributed by atoms with van der Waals surface area (Å²) >= 11 is 0. The number of nitrogens with zero attached hydrogens (tertiary/aromatic N) is 1. The molecule has 104 valence electrons. The van der Waals surface area contributed by atoms with E-state index in [0.29, 0.717) is 19.1 Å². The molecule has 1 fully saturated rings. The summed E-state index contributed by atoms with van der Waals surface area (Å²) in [7, 11) is 1.90. The van der Waals surface area contributed by atoms with Gasteiger partial charge in [-0.3, -0.25) is 10.1 Å². The maximum absolute atomic E-state index is 13.5. The van der Waals surface area contributed by atoms with Gasteiger partial charge in [0.1, 0.15) is 0 Å². The Hall–Kier alpha value is -1.53. The number of nitro groups is 1. The predicted molar refractivity (Wildman–Crippen MR) is 68.5 cm³/mol. The van der Waals surface area contributed by atoms with Crippen LogP contribution in [0.4, 0.5) is 10.1 Å². The van der Waals surface area contributed by atoms with Crippen LogP contribution in [0, 0.1) is 21.8 Å². The van der Waals surface area contributed by atoms with E-state index in [9.17, 15) is 14.5 Å². The minimum absolute atomic E-state index is 0.264. The predicted octanol–water partition coefficient (Wildman–Crippen LogP) is 1.90. The first-order valence-corrected chi connectivity index (χ1v) is 6.29. The van der Waals surface area contributed by atoms with Gasteiger partial charge in [0.15, 0.2) is 0 Å². The summed E-state index contributed by atoms with van der Waals surface area (Å²) < 4.78 is 19.0.